The third kappa shape index (κ3) is 2.09. The Labute approximate surface area is 53.5 Å². The molecule has 0 aromatic rings. The first-order chi connectivity index (χ1) is 4.29. The monoisotopic (exact) mass is 130 g/mol. The largest absolute Gasteiger partial charge is 0.297 e. The molecule has 0 radical (unpaired) electrons. The number of hydroxylamine groups is 1. The Bertz CT molecular complexity index is 116. The van der Waals surface area contributed by atoms with E-state index in [1.807, 2.05) is 0 Å². The lowest BCUT2D eigenvalue weighted by molar-refractivity contribution is -0.163. The van der Waals surface area contributed by atoms with Crippen LogP contribution in [0.3, 0.4) is 0 Å². The van der Waals surface area contributed by atoms with Gasteiger partial charge in [0.15, 0.2) is 5.78 Å². The van der Waals surface area contributed by atoms with Crippen LogP contribution < -0.4 is 5.84 Å². The number of hydrazine groups is 1. The van der Waals surface area contributed by atoms with E-state index in [0.29, 0.717) is 13.0 Å². The Balaban J connectivity index is 2.34. The van der Waals surface area contributed by atoms with Crippen molar-refractivity contribution in [3.8, 4) is 0 Å². The van der Waals surface area contributed by atoms with Crippen LogP contribution in [-0.4, -0.2) is 24.1 Å². The van der Waals surface area contributed by atoms with E-state index in [1.54, 1.807) is 0 Å². The lowest BCUT2D eigenvalue weighted by Gasteiger charge is -2.09. The Kier molecular flexibility index (Phi) is 2.16. The van der Waals surface area contributed by atoms with Crippen LogP contribution in [0, 0.1) is 0 Å². The van der Waals surface area contributed by atoms with Crippen molar-refractivity contribution in [2.75, 3.05) is 13.2 Å². The molecule has 0 spiro atoms. The number of nitrogens with two attached hydrogens (primary N) is 1. The highest BCUT2D eigenvalue weighted by Gasteiger charge is 2.10. The van der Waals surface area contributed by atoms with Crippen LogP contribution in [0.2, 0.25) is 0 Å². The molecule has 1 heterocycles. The summed E-state index contributed by atoms with van der Waals surface area (Å²) < 4.78 is 0. The van der Waals surface area contributed by atoms with E-state index in [0.717, 1.165) is 6.42 Å². The highest BCUT2D eigenvalue weighted by atomic mass is 16.7. The maximum atomic E-state index is 10.6. The molecular formula is C5H10N2O2. The number of hydrogen-bond acceptors (Lipinski definition) is 4. The standard InChI is InChI=1S/C5H10N2O2/c6-7-3-1-2-5(8)4-9-7/h1-4,6H2. The zero-order valence-electron chi connectivity index (χ0n) is 5.17. The fourth-order valence-electron chi connectivity index (χ4n) is 0.724. The molecule has 1 aliphatic heterocycles. The first-order valence-corrected chi connectivity index (χ1v) is 2.96. The Morgan fingerprint density at radius 2 is 2.44 bits per heavy atom. The van der Waals surface area contributed by atoms with Gasteiger partial charge in [-0.25, -0.2) is 5.84 Å². The van der Waals surface area contributed by atoms with Crippen molar-refractivity contribution in [2.45, 2.75) is 12.8 Å². The summed E-state index contributed by atoms with van der Waals surface area (Å²) in [5, 5.41) is 1.21. The van der Waals surface area contributed by atoms with E-state index in [4.69, 9.17) is 10.7 Å². The molecule has 9 heavy (non-hydrogen) atoms. The van der Waals surface area contributed by atoms with E-state index in [9.17, 15) is 4.79 Å². The molecule has 1 saturated heterocycles. The van der Waals surface area contributed by atoms with Crippen molar-refractivity contribution in [2.24, 2.45) is 5.84 Å². The van der Waals surface area contributed by atoms with Crippen molar-refractivity contribution in [1.29, 1.82) is 0 Å². The lowest BCUT2D eigenvalue weighted by Crippen LogP contribution is -2.31. The van der Waals surface area contributed by atoms with Crippen LogP contribution in [-0.2, 0) is 9.63 Å². The van der Waals surface area contributed by atoms with Gasteiger partial charge in [0.25, 0.3) is 0 Å². The number of rotatable bonds is 0. The van der Waals surface area contributed by atoms with Crippen LogP contribution in [0.4, 0.5) is 0 Å². The molecule has 0 aliphatic carbocycles. The van der Waals surface area contributed by atoms with Crippen LogP contribution in [0.25, 0.3) is 0 Å². The molecule has 4 heteroatoms. The zero-order valence-corrected chi connectivity index (χ0v) is 5.17. The summed E-state index contributed by atoms with van der Waals surface area (Å²) in [6.45, 7) is 0.780. The van der Waals surface area contributed by atoms with E-state index >= 15 is 0 Å². The minimum atomic E-state index is 0.128. The second kappa shape index (κ2) is 2.91. The average Bonchev–Trinajstić information content (AvgIpc) is 1.97. The first-order valence-electron chi connectivity index (χ1n) is 2.96. The first kappa shape index (κ1) is 6.67. The summed E-state index contributed by atoms with van der Waals surface area (Å²) in [6.07, 6.45) is 1.39. The molecule has 2 N–H and O–H groups in total. The summed E-state index contributed by atoms with van der Waals surface area (Å²) >= 11 is 0. The highest BCUT2D eigenvalue weighted by molar-refractivity contribution is 5.79. The number of hydrogen-bond donors (Lipinski definition) is 1. The van der Waals surface area contributed by atoms with Crippen LogP contribution in [0.5, 0.6) is 0 Å². The van der Waals surface area contributed by atoms with Crippen molar-refractivity contribution in [3.63, 3.8) is 0 Å². The smallest absolute Gasteiger partial charge is 0.160 e. The molecule has 0 saturated carbocycles. The van der Waals surface area contributed by atoms with Gasteiger partial charge < -0.3 is 0 Å². The minimum Gasteiger partial charge on any atom is -0.297 e. The van der Waals surface area contributed by atoms with Gasteiger partial charge in [0, 0.05) is 13.0 Å². The predicted octanol–water partition coefficient (Wildman–Crippen LogP) is -0.543. The predicted molar refractivity (Wildman–Crippen MR) is 31.1 cm³/mol. The van der Waals surface area contributed by atoms with Gasteiger partial charge in [-0.3, -0.25) is 9.63 Å². The van der Waals surface area contributed by atoms with Crippen molar-refractivity contribution >= 4 is 5.78 Å². The molecule has 1 rings (SSSR count). The third-order valence-corrected chi connectivity index (χ3v) is 1.23. The summed E-state index contributed by atoms with van der Waals surface area (Å²) in [5.74, 6) is 5.38. The molecule has 0 bridgehead atoms. The second-order valence-electron chi connectivity index (χ2n) is 2.06. The molecule has 0 unspecified atom stereocenters. The maximum Gasteiger partial charge on any atom is 0.160 e. The fraction of sp³-hybridized carbons (Fsp3) is 0.800. The normalized spacial score (nSPS) is 23.9. The molecule has 0 aromatic carbocycles. The van der Waals surface area contributed by atoms with Gasteiger partial charge >= 0.3 is 0 Å². The highest BCUT2D eigenvalue weighted by Crippen LogP contribution is 1.99. The molecule has 1 aliphatic rings. The average molecular weight is 130 g/mol. The molecule has 52 valence electrons. The van der Waals surface area contributed by atoms with E-state index in [-0.39, 0.29) is 12.4 Å². The molecular weight excluding hydrogens is 120 g/mol. The summed E-state index contributed by atoms with van der Waals surface area (Å²) in [5.41, 5.74) is 0. The van der Waals surface area contributed by atoms with E-state index in [1.165, 1.54) is 5.17 Å². The number of carbonyl (C=O) groups excluding carboxylic acids is 1. The van der Waals surface area contributed by atoms with E-state index in [2.05, 4.69) is 0 Å². The summed E-state index contributed by atoms with van der Waals surface area (Å²) in [7, 11) is 0. The number of Topliss-reactive ketones (excluding diaryl/α,β-unsaturated/α-hetero) is 1. The summed E-state index contributed by atoms with van der Waals surface area (Å²) in [4.78, 5) is 15.4. The van der Waals surface area contributed by atoms with Gasteiger partial charge in [-0.15, -0.1) is 5.17 Å². The van der Waals surface area contributed by atoms with Crippen LogP contribution in [0.1, 0.15) is 12.8 Å². The topological polar surface area (TPSA) is 55.6 Å². The maximum absolute atomic E-state index is 10.6. The number of ketones is 1. The molecule has 0 amide bonds. The van der Waals surface area contributed by atoms with Gasteiger partial charge in [0.05, 0.1) is 0 Å². The zero-order chi connectivity index (χ0) is 6.69. The van der Waals surface area contributed by atoms with Gasteiger partial charge in [-0.2, -0.15) is 0 Å². The Hall–Kier alpha value is -0.450. The lowest BCUT2D eigenvalue weighted by atomic mass is 10.2. The minimum absolute atomic E-state index is 0.128. The fourth-order valence-corrected chi connectivity index (χ4v) is 0.724. The SMILES string of the molecule is NN1CCCC(=O)CO1. The van der Waals surface area contributed by atoms with Crippen LogP contribution >= 0.6 is 0 Å². The number of carbonyl (C=O) groups is 1. The molecule has 0 aromatic heterocycles. The Morgan fingerprint density at radius 1 is 1.67 bits per heavy atom. The molecule has 4 nitrogen and oxygen atoms in total. The molecule has 1 fully saturated rings. The van der Waals surface area contributed by atoms with Crippen molar-refractivity contribution < 1.29 is 9.63 Å². The van der Waals surface area contributed by atoms with Gasteiger partial charge in [0.1, 0.15) is 6.61 Å². The van der Waals surface area contributed by atoms with Crippen molar-refractivity contribution in [3.05, 3.63) is 0 Å². The molecule has 0 atom stereocenters. The van der Waals surface area contributed by atoms with Gasteiger partial charge in [0.2, 0.25) is 0 Å². The number of nitrogens with zero attached hydrogens (tertiary/aromatic N) is 1. The Morgan fingerprint density at radius 3 is 3.22 bits per heavy atom. The third-order valence-electron chi connectivity index (χ3n) is 1.23. The quantitative estimate of drug-likeness (QED) is 0.447. The van der Waals surface area contributed by atoms with E-state index < -0.39 is 0 Å². The van der Waals surface area contributed by atoms with Gasteiger partial charge in [-0.05, 0) is 6.42 Å². The van der Waals surface area contributed by atoms with Crippen molar-refractivity contribution in [1.82, 2.24) is 5.17 Å². The van der Waals surface area contributed by atoms with Crippen LogP contribution in [0.15, 0.2) is 0 Å². The van der Waals surface area contributed by atoms with Gasteiger partial charge in [-0.1, -0.05) is 0 Å². The summed E-state index contributed by atoms with van der Waals surface area (Å²) in [6, 6.07) is 0. The second-order valence-corrected chi connectivity index (χ2v) is 2.06.